The molecule has 0 unspecified atom stereocenters. The minimum Gasteiger partial charge on any atom is -0.496 e. The molecule has 1 nitrogen and oxygen atoms in total. The fraction of sp³-hybridized carbons (Fsp3) is 0.333. The van der Waals surface area contributed by atoms with Crippen LogP contribution in [0.1, 0.15) is 11.1 Å². The normalized spacial score (nSPS) is 11.6. The minimum absolute atomic E-state index is 0.0308. The summed E-state index contributed by atoms with van der Waals surface area (Å²) in [6, 6.07) is 2.38. The van der Waals surface area contributed by atoms with E-state index in [2.05, 4.69) is 15.9 Å². The second-order valence-corrected chi connectivity index (χ2v) is 3.65. The second kappa shape index (κ2) is 3.81. The number of hydrogen-bond acceptors (Lipinski definition) is 1. The van der Waals surface area contributed by atoms with E-state index in [0.29, 0.717) is 5.56 Å². The van der Waals surface area contributed by atoms with Gasteiger partial charge in [-0.2, -0.15) is 13.2 Å². The lowest BCUT2D eigenvalue weighted by Gasteiger charge is -2.12. The summed E-state index contributed by atoms with van der Waals surface area (Å²) in [5.41, 5.74) is -0.0627. The minimum atomic E-state index is -4.36. The van der Waals surface area contributed by atoms with E-state index < -0.39 is 11.7 Å². The molecule has 0 N–H and O–H groups in total. The topological polar surface area (TPSA) is 9.23 Å². The summed E-state index contributed by atoms with van der Waals surface area (Å²) in [5.74, 6) is 0.237. The zero-order valence-corrected chi connectivity index (χ0v) is 9.16. The third-order valence-electron chi connectivity index (χ3n) is 1.79. The number of ether oxygens (including phenoxy) is 1. The van der Waals surface area contributed by atoms with Crippen molar-refractivity contribution in [3.8, 4) is 5.75 Å². The van der Waals surface area contributed by atoms with E-state index in [0.717, 1.165) is 6.07 Å². The Morgan fingerprint density at radius 3 is 2.29 bits per heavy atom. The summed E-state index contributed by atoms with van der Waals surface area (Å²) in [7, 11) is 1.34. The predicted octanol–water partition coefficient (Wildman–Crippen LogP) is 3.78. The monoisotopic (exact) mass is 268 g/mol. The maximum atomic E-state index is 12.4. The third-order valence-corrected chi connectivity index (χ3v) is 2.45. The SMILES string of the molecule is COc1cc(C(F)(F)F)c(Br)cc1C. The van der Waals surface area contributed by atoms with Gasteiger partial charge in [-0.1, -0.05) is 15.9 Å². The van der Waals surface area contributed by atoms with Crippen molar-refractivity contribution in [2.75, 3.05) is 7.11 Å². The van der Waals surface area contributed by atoms with Crippen molar-refractivity contribution < 1.29 is 17.9 Å². The van der Waals surface area contributed by atoms with Gasteiger partial charge in [0.15, 0.2) is 0 Å². The van der Waals surface area contributed by atoms with E-state index in [1.807, 2.05) is 0 Å². The highest BCUT2D eigenvalue weighted by Crippen LogP contribution is 2.38. The average molecular weight is 269 g/mol. The quantitative estimate of drug-likeness (QED) is 0.753. The molecule has 14 heavy (non-hydrogen) atoms. The zero-order valence-electron chi connectivity index (χ0n) is 7.57. The molecule has 1 aromatic rings. The number of benzene rings is 1. The predicted molar refractivity (Wildman–Crippen MR) is 50.4 cm³/mol. The fourth-order valence-corrected chi connectivity index (χ4v) is 1.77. The lowest BCUT2D eigenvalue weighted by atomic mass is 10.1. The van der Waals surface area contributed by atoms with Crippen LogP contribution in [0.15, 0.2) is 16.6 Å². The van der Waals surface area contributed by atoms with E-state index in [9.17, 15) is 13.2 Å². The van der Waals surface area contributed by atoms with Crippen molar-refractivity contribution >= 4 is 15.9 Å². The molecule has 0 aliphatic carbocycles. The molecule has 78 valence electrons. The number of aryl methyl sites for hydroxylation is 1. The molecule has 0 radical (unpaired) electrons. The van der Waals surface area contributed by atoms with Crippen LogP contribution in [0.4, 0.5) is 13.2 Å². The van der Waals surface area contributed by atoms with Gasteiger partial charge in [0.05, 0.1) is 12.7 Å². The van der Waals surface area contributed by atoms with Gasteiger partial charge in [0.25, 0.3) is 0 Å². The van der Waals surface area contributed by atoms with Gasteiger partial charge in [0.1, 0.15) is 5.75 Å². The van der Waals surface area contributed by atoms with Crippen molar-refractivity contribution in [1.29, 1.82) is 0 Å². The van der Waals surface area contributed by atoms with E-state index in [-0.39, 0.29) is 10.2 Å². The standard InChI is InChI=1S/C9H8BrF3O/c1-5-3-7(10)6(9(11,12)13)4-8(5)14-2/h3-4H,1-2H3. The summed E-state index contributed by atoms with van der Waals surface area (Å²) in [5, 5.41) is 0. The van der Waals surface area contributed by atoms with E-state index in [4.69, 9.17) is 4.74 Å². The largest absolute Gasteiger partial charge is 0.496 e. The molecule has 0 aliphatic heterocycles. The van der Waals surface area contributed by atoms with Crippen LogP contribution in [-0.4, -0.2) is 7.11 Å². The van der Waals surface area contributed by atoms with Crippen LogP contribution in [0.2, 0.25) is 0 Å². The van der Waals surface area contributed by atoms with Gasteiger partial charge in [-0.15, -0.1) is 0 Å². The smallest absolute Gasteiger partial charge is 0.417 e. The van der Waals surface area contributed by atoms with Crippen molar-refractivity contribution in [3.05, 3.63) is 27.7 Å². The van der Waals surface area contributed by atoms with Crippen molar-refractivity contribution in [1.82, 2.24) is 0 Å². The first kappa shape index (κ1) is 11.4. The number of alkyl halides is 3. The fourth-order valence-electron chi connectivity index (χ4n) is 1.09. The van der Waals surface area contributed by atoms with Crippen molar-refractivity contribution in [3.63, 3.8) is 0 Å². The van der Waals surface area contributed by atoms with E-state index >= 15 is 0 Å². The summed E-state index contributed by atoms with van der Waals surface area (Å²) in [4.78, 5) is 0. The number of methoxy groups -OCH3 is 1. The first-order chi connectivity index (χ1) is 6.36. The summed E-state index contributed by atoms with van der Waals surface area (Å²) in [6.45, 7) is 1.68. The second-order valence-electron chi connectivity index (χ2n) is 2.80. The Bertz CT molecular complexity index is 347. The molecule has 0 amide bonds. The molecule has 5 heteroatoms. The van der Waals surface area contributed by atoms with Gasteiger partial charge in [0.2, 0.25) is 0 Å². The number of hydrogen-bond donors (Lipinski definition) is 0. The molecule has 0 atom stereocenters. The Morgan fingerprint density at radius 2 is 1.86 bits per heavy atom. The van der Waals surface area contributed by atoms with Crippen LogP contribution in [-0.2, 0) is 6.18 Å². The third kappa shape index (κ3) is 2.20. The van der Waals surface area contributed by atoms with E-state index in [1.54, 1.807) is 6.92 Å². The molecule has 0 bridgehead atoms. The molecule has 1 aromatic carbocycles. The average Bonchev–Trinajstić information content (AvgIpc) is 2.02. The Balaban J connectivity index is 3.32. The number of halogens is 4. The van der Waals surface area contributed by atoms with Crippen LogP contribution in [0, 0.1) is 6.92 Å². The lowest BCUT2D eigenvalue weighted by Crippen LogP contribution is -2.06. The highest BCUT2D eigenvalue weighted by molar-refractivity contribution is 9.10. The van der Waals surface area contributed by atoms with Crippen LogP contribution in [0.25, 0.3) is 0 Å². The summed E-state index contributed by atoms with van der Waals surface area (Å²) in [6.07, 6.45) is -4.36. The Hall–Kier alpha value is -0.710. The number of rotatable bonds is 1. The first-order valence-electron chi connectivity index (χ1n) is 3.77. The summed E-state index contributed by atoms with van der Waals surface area (Å²) >= 11 is 2.87. The molecule has 0 saturated heterocycles. The Labute approximate surface area is 88.0 Å². The van der Waals surface area contributed by atoms with Gasteiger partial charge in [-0.25, -0.2) is 0 Å². The maximum absolute atomic E-state index is 12.4. The van der Waals surface area contributed by atoms with Gasteiger partial charge in [-0.3, -0.25) is 0 Å². The lowest BCUT2D eigenvalue weighted by molar-refractivity contribution is -0.138. The Morgan fingerprint density at radius 1 is 1.29 bits per heavy atom. The highest BCUT2D eigenvalue weighted by atomic mass is 79.9. The van der Waals surface area contributed by atoms with E-state index in [1.165, 1.54) is 13.2 Å². The van der Waals surface area contributed by atoms with Crippen LogP contribution < -0.4 is 4.74 Å². The molecular formula is C9H8BrF3O. The molecule has 0 aromatic heterocycles. The molecule has 0 aliphatic rings. The van der Waals surface area contributed by atoms with Crippen LogP contribution >= 0.6 is 15.9 Å². The maximum Gasteiger partial charge on any atom is 0.417 e. The van der Waals surface area contributed by atoms with Crippen molar-refractivity contribution in [2.45, 2.75) is 13.1 Å². The summed E-state index contributed by atoms with van der Waals surface area (Å²) < 4.78 is 42.1. The first-order valence-corrected chi connectivity index (χ1v) is 4.57. The molecular weight excluding hydrogens is 261 g/mol. The zero-order chi connectivity index (χ0) is 10.9. The van der Waals surface area contributed by atoms with Crippen LogP contribution in [0.3, 0.4) is 0 Å². The van der Waals surface area contributed by atoms with Crippen molar-refractivity contribution in [2.24, 2.45) is 0 Å². The van der Waals surface area contributed by atoms with Gasteiger partial charge in [-0.05, 0) is 24.6 Å². The molecule has 0 heterocycles. The van der Waals surface area contributed by atoms with Crippen LogP contribution in [0.5, 0.6) is 5.75 Å². The molecule has 1 rings (SSSR count). The Kier molecular flexibility index (Phi) is 3.09. The van der Waals surface area contributed by atoms with Gasteiger partial charge >= 0.3 is 6.18 Å². The molecule has 0 saturated carbocycles. The molecule has 0 spiro atoms. The highest BCUT2D eigenvalue weighted by Gasteiger charge is 2.33. The van der Waals surface area contributed by atoms with Gasteiger partial charge in [0, 0.05) is 4.47 Å². The molecule has 0 fully saturated rings. The van der Waals surface area contributed by atoms with Gasteiger partial charge < -0.3 is 4.74 Å².